The van der Waals surface area contributed by atoms with Crippen LogP contribution in [0.4, 0.5) is 0 Å². The Hall–Kier alpha value is -2.13. The molecule has 2 aromatic rings. The molecule has 1 amide bonds. The maximum atomic E-state index is 12.3. The Morgan fingerprint density at radius 2 is 1.86 bits per heavy atom. The molecule has 3 nitrogen and oxygen atoms in total. The Labute approximate surface area is 131 Å². The van der Waals surface area contributed by atoms with Gasteiger partial charge in [0.05, 0.1) is 18.1 Å². The quantitative estimate of drug-likeness (QED) is 0.910. The Morgan fingerprint density at radius 1 is 1.18 bits per heavy atom. The number of carbonyl (C=O) groups excluding carboxylic acids is 1. The molecule has 1 aliphatic rings. The molecule has 3 rings (SSSR count). The zero-order valence-corrected chi connectivity index (χ0v) is 12.8. The van der Waals surface area contributed by atoms with E-state index in [-0.39, 0.29) is 18.4 Å². The molecule has 0 bridgehead atoms. The summed E-state index contributed by atoms with van der Waals surface area (Å²) in [6.07, 6.45) is 1.99. The third-order valence-corrected chi connectivity index (χ3v) is 4.37. The Kier molecular flexibility index (Phi) is 3.99. The number of aliphatic hydroxyl groups is 1. The summed E-state index contributed by atoms with van der Waals surface area (Å²) in [6, 6.07) is 17.6. The number of benzene rings is 2. The van der Waals surface area contributed by atoms with E-state index < -0.39 is 5.60 Å². The van der Waals surface area contributed by atoms with E-state index in [1.165, 1.54) is 11.1 Å². The van der Waals surface area contributed by atoms with Crippen LogP contribution < -0.4 is 5.32 Å². The highest BCUT2D eigenvalue weighted by Gasteiger charge is 2.29. The minimum absolute atomic E-state index is 0.0651. The van der Waals surface area contributed by atoms with E-state index >= 15 is 0 Å². The van der Waals surface area contributed by atoms with Crippen LogP contribution in [0.1, 0.15) is 42.5 Å². The molecule has 2 unspecified atom stereocenters. The molecule has 0 radical (unpaired) electrons. The normalized spacial score (nSPS) is 19.3. The summed E-state index contributed by atoms with van der Waals surface area (Å²) in [5.41, 5.74) is 2.12. The van der Waals surface area contributed by atoms with Crippen molar-refractivity contribution in [2.75, 3.05) is 0 Å². The number of hydrogen-bond acceptors (Lipinski definition) is 2. The van der Waals surface area contributed by atoms with Crippen LogP contribution in [0.2, 0.25) is 0 Å². The second-order valence-electron chi connectivity index (χ2n) is 6.17. The molecule has 114 valence electrons. The fourth-order valence-corrected chi connectivity index (χ4v) is 3.16. The van der Waals surface area contributed by atoms with Gasteiger partial charge in [-0.25, -0.2) is 0 Å². The summed E-state index contributed by atoms with van der Waals surface area (Å²) in [5, 5.41) is 13.6. The van der Waals surface area contributed by atoms with E-state index in [1.54, 1.807) is 6.92 Å². The maximum absolute atomic E-state index is 12.3. The first-order chi connectivity index (χ1) is 10.6. The summed E-state index contributed by atoms with van der Waals surface area (Å²) >= 11 is 0. The van der Waals surface area contributed by atoms with Crippen LogP contribution in [0, 0.1) is 0 Å². The van der Waals surface area contributed by atoms with Crippen LogP contribution in [0.5, 0.6) is 0 Å². The lowest BCUT2D eigenvalue weighted by Crippen LogP contribution is -2.34. The van der Waals surface area contributed by atoms with Gasteiger partial charge in [-0.1, -0.05) is 54.6 Å². The van der Waals surface area contributed by atoms with Gasteiger partial charge in [-0.05, 0) is 36.5 Å². The number of nitrogens with one attached hydrogen (secondary N) is 1. The van der Waals surface area contributed by atoms with Crippen molar-refractivity contribution in [1.29, 1.82) is 0 Å². The molecule has 0 saturated heterocycles. The number of hydrogen-bond donors (Lipinski definition) is 2. The summed E-state index contributed by atoms with van der Waals surface area (Å²) < 4.78 is 0. The Morgan fingerprint density at radius 3 is 2.64 bits per heavy atom. The van der Waals surface area contributed by atoms with Crippen molar-refractivity contribution in [1.82, 2.24) is 5.32 Å². The summed E-state index contributed by atoms with van der Waals surface area (Å²) in [4.78, 5) is 12.3. The van der Waals surface area contributed by atoms with E-state index in [1.807, 2.05) is 42.5 Å². The molecule has 2 aromatic carbocycles. The molecule has 0 fully saturated rings. The first kappa shape index (κ1) is 14.8. The van der Waals surface area contributed by atoms with Crippen LogP contribution in [-0.4, -0.2) is 11.0 Å². The van der Waals surface area contributed by atoms with E-state index in [9.17, 15) is 9.90 Å². The maximum Gasteiger partial charge on any atom is 0.223 e. The highest BCUT2D eigenvalue weighted by molar-refractivity contribution is 5.78. The van der Waals surface area contributed by atoms with Gasteiger partial charge in [0.25, 0.3) is 0 Å². The molecule has 2 N–H and O–H groups in total. The zero-order chi connectivity index (χ0) is 15.6. The molecule has 0 spiro atoms. The lowest BCUT2D eigenvalue weighted by molar-refractivity contribution is -0.126. The third kappa shape index (κ3) is 3.04. The average Bonchev–Trinajstić information content (AvgIpc) is 2.91. The Bertz CT molecular complexity index is 664. The van der Waals surface area contributed by atoms with Gasteiger partial charge in [-0.2, -0.15) is 0 Å². The number of carbonyl (C=O) groups is 1. The third-order valence-electron chi connectivity index (χ3n) is 4.37. The lowest BCUT2D eigenvalue weighted by atomic mass is 9.92. The SMILES string of the molecule is CC(O)(CC(=O)NC1CCc2ccccc21)c1ccccc1. The van der Waals surface area contributed by atoms with Crippen LogP contribution in [0.15, 0.2) is 54.6 Å². The van der Waals surface area contributed by atoms with Crippen molar-refractivity contribution in [3.8, 4) is 0 Å². The van der Waals surface area contributed by atoms with Crippen molar-refractivity contribution in [3.63, 3.8) is 0 Å². The number of amides is 1. The fourth-order valence-electron chi connectivity index (χ4n) is 3.16. The molecule has 2 atom stereocenters. The predicted octanol–water partition coefficient (Wildman–Crippen LogP) is 3.09. The van der Waals surface area contributed by atoms with Gasteiger partial charge in [0.2, 0.25) is 5.91 Å². The second-order valence-corrected chi connectivity index (χ2v) is 6.17. The molecule has 0 aliphatic heterocycles. The molecule has 0 saturated carbocycles. The number of aryl methyl sites for hydroxylation is 1. The largest absolute Gasteiger partial charge is 0.385 e. The van der Waals surface area contributed by atoms with Gasteiger partial charge < -0.3 is 10.4 Å². The minimum Gasteiger partial charge on any atom is -0.385 e. The van der Waals surface area contributed by atoms with Crippen molar-refractivity contribution in [3.05, 3.63) is 71.3 Å². The smallest absolute Gasteiger partial charge is 0.223 e. The van der Waals surface area contributed by atoms with E-state index in [0.717, 1.165) is 18.4 Å². The zero-order valence-electron chi connectivity index (χ0n) is 12.8. The predicted molar refractivity (Wildman–Crippen MR) is 86.3 cm³/mol. The average molecular weight is 295 g/mol. The fraction of sp³-hybridized carbons (Fsp3) is 0.316. The molecule has 22 heavy (non-hydrogen) atoms. The van der Waals surface area contributed by atoms with Crippen molar-refractivity contribution in [2.24, 2.45) is 0 Å². The van der Waals surface area contributed by atoms with Crippen LogP contribution in [-0.2, 0) is 16.8 Å². The molecule has 1 aliphatic carbocycles. The monoisotopic (exact) mass is 295 g/mol. The first-order valence-corrected chi connectivity index (χ1v) is 7.71. The van der Waals surface area contributed by atoms with Crippen LogP contribution >= 0.6 is 0 Å². The van der Waals surface area contributed by atoms with Gasteiger partial charge >= 0.3 is 0 Å². The van der Waals surface area contributed by atoms with Crippen molar-refractivity contribution in [2.45, 2.75) is 37.8 Å². The Balaban J connectivity index is 1.66. The van der Waals surface area contributed by atoms with E-state index in [4.69, 9.17) is 0 Å². The minimum atomic E-state index is -1.15. The molecular weight excluding hydrogens is 274 g/mol. The molecular formula is C19H21NO2. The summed E-state index contributed by atoms with van der Waals surface area (Å²) in [5.74, 6) is -0.115. The van der Waals surface area contributed by atoms with E-state index in [2.05, 4.69) is 17.4 Å². The summed E-state index contributed by atoms with van der Waals surface area (Å²) in [6.45, 7) is 1.69. The van der Waals surface area contributed by atoms with Gasteiger partial charge in [0.1, 0.15) is 0 Å². The highest BCUT2D eigenvalue weighted by atomic mass is 16.3. The lowest BCUT2D eigenvalue weighted by Gasteiger charge is -2.24. The summed E-state index contributed by atoms with van der Waals surface area (Å²) in [7, 11) is 0. The molecule has 0 heterocycles. The first-order valence-electron chi connectivity index (χ1n) is 7.71. The van der Waals surface area contributed by atoms with Crippen LogP contribution in [0.25, 0.3) is 0 Å². The van der Waals surface area contributed by atoms with Gasteiger partial charge in [0.15, 0.2) is 0 Å². The highest BCUT2D eigenvalue weighted by Crippen LogP contribution is 2.31. The number of rotatable bonds is 4. The molecule has 0 aromatic heterocycles. The van der Waals surface area contributed by atoms with Gasteiger partial charge in [0, 0.05) is 0 Å². The van der Waals surface area contributed by atoms with Crippen LogP contribution in [0.3, 0.4) is 0 Å². The topological polar surface area (TPSA) is 49.3 Å². The van der Waals surface area contributed by atoms with Crippen molar-refractivity contribution < 1.29 is 9.90 Å². The molecule has 3 heteroatoms. The van der Waals surface area contributed by atoms with Gasteiger partial charge in [-0.3, -0.25) is 4.79 Å². The van der Waals surface area contributed by atoms with Gasteiger partial charge in [-0.15, -0.1) is 0 Å². The second kappa shape index (κ2) is 5.93. The van der Waals surface area contributed by atoms with E-state index in [0.29, 0.717) is 0 Å². The number of fused-ring (bicyclic) bond motifs is 1. The standard InChI is InChI=1S/C19H21NO2/c1-19(22,15-8-3-2-4-9-15)13-18(21)20-17-12-11-14-7-5-6-10-16(14)17/h2-10,17,22H,11-13H2,1H3,(H,20,21). The van der Waals surface area contributed by atoms with Crippen molar-refractivity contribution >= 4 is 5.91 Å².